The van der Waals surface area contributed by atoms with Crippen molar-refractivity contribution in [3.8, 4) is 0 Å². The van der Waals surface area contributed by atoms with E-state index in [-0.39, 0.29) is 29.1 Å². The van der Waals surface area contributed by atoms with E-state index in [0.717, 1.165) is 25.9 Å². The Bertz CT molecular complexity index is 238. The summed E-state index contributed by atoms with van der Waals surface area (Å²) in [4.78, 5) is 11.8. The van der Waals surface area contributed by atoms with Crippen molar-refractivity contribution in [2.45, 2.75) is 43.4 Å². The molecule has 2 atom stereocenters. The summed E-state index contributed by atoms with van der Waals surface area (Å²) in [5.41, 5.74) is 0. The molecule has 94 valence electrons. The van der Waals surface area contributed by atoms with Gasteiger partial charge in [-0.25, -0.2) is 0 Å². The highest BCUT2D eigenvalue weighted by atomic mass is 35.5. The summed E-state index contributed by atoms with van der Waals surface area (Å²) in [6, 6.07) is 0.0694. The van der Waals surface area contributed by atoms with E-state index in [0.29, 0.717) is 0 Å². The molecule has 5 heteroatoms. The van der Waals surface area contributed by atoms with Crippen LogP contribution in [0.1, 0.15) is 32.6 Å². The van der Waals surface area contributed by atoms with E-state index in [9.17, 15) is 4.79 Å². The largest absolute Gasteiger partial charge is 0.353 e. The second-order valence-corrected chi connectivity index (χ2v) is 6.45. The maximum absolute atomic E-state index is 11.8. The smallest absolute Gasteiger partial charge is 0.237 e. The Morgan fingerprint density at radius 1 is 1.56 bits per heavy atom. The predicted molar refractivity (Wildman–Crippen MR) is 71.4 cm³/mol. The van der Waals surface area contributed by atoms with Crippen molar-refractivity contribution in [1.29, 1.82) is 0 Å². The summed E-state index contributed by atoms with van der Waals surface area (Å²) in [5.74, 6) is 1.44. The van der Waals surface area contributed by atoms with Crippen LogP contribution in [0.5, 0.6) is 0 Å². The standard InChI is InChI=1S/C11H20N2OS.ClH/c1-11(5-3-7-15-11)8-13-10(14)9-4-2-6-12-9;/h9,12H,2-8H2,1H3,(H,13,14);1H/t9-,11?;/m0./s1. The van der Waals surface area contributed by atoms with Crippen molar-refractivity contribution in [3.63, 3.8) is 0 Å². The van der Waals surface area contributed by atoms with Gasteiger partial charge in [0.1, 0.15) is 0 Å². The number of hydrogen-bond acceptors (Lipinski definition) is 3. The fourth-order valence-corrected chi connectivity index (χ4v) is 3.53. The minimum atomic E-state index is 0. The lowest BCUT2D eigenvalue weighted by Crippen LogP contribution is -2.45. The van der Waals surface area contributed by atoms with Crippen molar-refractivity contribution < 1.29 is 4.79 Å². The number of nitrogens with one attached hydrogen (secondary N) is 2. The highest BCUT2D eigenvalue weighted by molar-refractivity contribution is 8.00. The first-order valence-corrected chi connectivity index (χ1v) is 6.83. The average molecular weight is 265 g/mol. The number of halogens is 1. The number of hydrogen-bond donors (Lipinski definition) is 2. The highest BCUT2D eigenvalue weighted by Crippen LogP contribution is 2.36. The van der Waals surface area contributed by atoms with Gasteiger partial charge in [0, 0.05) is 11.3 Å². The van der Waals surface area contributed by atoms with Gasteiger partial charge in [-0.15, -0.1) is 12.4 Å². The van der Waals surface area contributed by atoms with Crippen molar-refractivity contribution in [3.05, 3.63) is 0 Å². The van der Waals surface area contributed by atoms with E-state index < -0.39 is 0 Å². The zero-order valence-electron chi connectivity index (χ0n) is 9.75. The SMILES string of the molecule is CC1(CNC(=O)[C@@H]2CCCN2)CCCS1.Cl. The van der Waals surface area contributed by atoms with Crippen LogP contribution in [-0.4, -0.2) is 35.5 Å². The number of amides is 1. The lowest BCUT2D eigenvalue weighted by atomic mass is 10.1. The topological polar surface area (TPSA) is 41.1 Å². The van der Waals surface area contributed by atoms with Gasteiger partial charge in [-0.05, 0) is 44.9 Å². The lowest BCUT2D eigenvalue weighted by molar-refractivity contribution is -0.122. The second kappa shape index (κ2) is 6.12. The molecule has 1 unspecified atom stereocenters. The molecule has 0 saturated carbocycles. The van der Waals surface area contributed by atoms with Gasteiger partial charge < -0.3 is 10.6 Å². The van der Waals surface area contributed by atoms with Crippen molar-refractivity contribution in [2.24, 2.45) is 0 Å². The summed E-state index contributed by atoms with van der Waals surface area (Å²) in [6.07, 6.45) is 4.65. The van der Waals surface area contributed by atoms with Crippen LogP contribution in [-0.2, 0) is 4.79 Å². The van der Waals surface area contributed by atoms with Crippen LogP contribution in [0.2, 0.25) is 0 Å². The third kappa shape index (κ3) is 3.54. The molecule has 2 saturated heterocycles. The lowest BCUT2D eigenvalue weighted by Gasteiger charge is -2.23. The first-order valence-electron chi connectivity index (χ1n) is 5.85. The van der Waals surface area contributed by atoms with Crippen LogP contribution in [0.4, 0.5) is 0 Å². The molecule has 0 radical (unpaired) electrons. The Kier molecular flexibility index (Phi) is 5.41. The maximum Gasteiger partial charge on any atom is 0.237 e. The molecule has 2 rings (SSSR count). The second-order valence-electron chi connectivity index (χ2n) is 4.77. The summed E-state index contributed by atoms with van der Waals surface area (Å²) in [7, 11) is 0. The molecule has 2 fully saturated rings. The van der Waals surface area contributed by atoms with E-state index in [1.165, 1.54) is 18.6 Å². The molecule has 0 aromatic carbocycles. The van der Waals surface area contributed by atoms with E-state index >= 15 is 0 Å². The minimum absolute atomic E-state index is 0. The van der Waals surface area contributed by atoms with Gasteiger partial charge in [0.15, 0.2) is 0 Å². The minimum Gasteiger partial charge on any atom is -0.353 e. The number of thioether (sulfide) groups is 1. The third-order valence-electron chi connectivity index (χ3n) is 3.31. The maximum atomic E-state index is 11.8. The molecule has 1 amide bonds. The zero-order chi connectivity index (χ0) is 10.7. The first kappa shape index (κ1) is 14.1. The Balaban J connectivity index is 0.00000128. The van der Waals surface area contributed by atoms with Crippen molar-refractivity contribution in [1.82, 2.24) is 10.6 Å². The van der Waals surface area contributed by atoms with Crippen LogP contribution in [0.3, 0.4) is 0 Å². The first-order chi connectivity index (χ1) is 7.20. The molecule has 0 aliphatic carbocycles. The van der Waals surface area contributed by atoms with E-state index in [1.54, 1.807) is 0 Å². The Hall–Kier alpha value is 0.0700. The van der Waals surface area contributed by atoms with E-state index in [1.807, 2.05) is 11.8 Å². The van der Waals surface area contributed by atoms with Gasteiger partial charge in [0.2, 0.25) is 5.91 Å². The van der Waals surface area contributed by atoms with Crippen molar-refractivity contribution >= 4 is 30.1 Å². The molecule has 0 bridgehead atoms. The van der Waals surface area contributed by atoms with Gasteiger partial charge in [0.05, 0.1) is 6.04 Å². The molecule has 16 heavy (non-hydrogen) atoms. The normalized spacial score (nSPS) is 33.4. The molecule has 2 aliphatic heterocycles. The molecule has 2 heterocycles. The van der Waals surface area contributed by atoms with Gasteiger partial charge in [-0.1, -0.05) is 0 Å². The quantitative estimate of drug-likeness (QED) is 0.813. The van der Waals surface area contributed by atoms with Crippen LogP contribution in [0.15, 0.2) is 0 Å². The molecule has 2 N–H and O–H groups in total. The highest BCUT2D eigenvalue weighted by Gasteiger charge is 2.31. The van der Waals surface area contributed by atoms with E-state index in [2.05, 4.69) is 17.6 Å². The van der Waals surface area contributed by atoms with E-state index in [4.69, 9.17) is 0 Å². The summed E-state index contributed by atoms with van der Waals surface area (Å²) < 4.78 is 0.286. The van der Waals surface area contributed by atoms with Gasteiger partial charge in [-0.2, -0.15) is 11.8 Å². The monoisotopic (exact) mass is 264 g/mol. The molecule has 3 nitrogen and oxygen atoms in total. The predicted octanol–water partition coefficient (Wildman–Crippen LogP) is 1.56. The number of rotatable bonds is 3. The zero-order valence-corrected chi connectivity index (χ0v) is 11.4. The summed E-state index contributed by atoms with van der Waals surface area (Å²) in [6.45, 7) is 4.08. The summed E-state index contributed by atoms with van der Waals surface area (Å²) in [5, 5.41) is 6.31. The fraction of sp³-hybridized carbons (Fsp3) is 0.909. The van der Waals surface area contributed by atoms with Gasteiger partial charge in [-0.3, -0.25) is 4.79 Å². The Labute approximate surface area is 108 Å². The van der Waals surface area contributed by atoms with Crippen LogP contribution < -0.4 is 10.6 Å². The Morgan fingerprint density at radius 2 is 2.38 bits per heavy atom. The molecule has 0 aromatic heterocycles. The van der Waals surface area contributed by atoms with Crippen LogP contribution in [0, 0.1) is 0 Å². The molecular weight excluding hydrogens is 244 g/mol. The van der Waals surface area contributed by atoms with Crippen LogP contribution in [0.25, 0.3) is 0 Å². The molecule has 2 aliphatic rings. The van der Waals surface area contributed by atoms with Crippen LogP contribution >= 0.6 is 24.2 Å². The summed E-state index contributed by atoms with van der Waals surface area (Å²) >= 11 is 1.99. The van der Waals surface area contributed by atoms with Crippen molar-refractivity contribution in [2.75, 3.05) is 18.8 Å². The van der Waals surface area contributed by atoms with Gasteiger partial charge in [0.25, 0.3) is 0 Å². The Morgan fingerprint density at radius 3 is 2.94 bits per heavy atom. The average Bonchev–Trinajstić information content (AvgIpc) is 2.85. The third-order valence-corrected chi connectivity index (χ3v) is 4.85. The van der Waals surface area contributed by atoms with Gasteiger partial charge >= 0.3 is 0 Å². The number of carbonyl (C=O) groups is 1. The fourth-order valence-electron chi connectivity index (χ4n) is 2.28. The molecular formula is C11H21ClN2OS. The molecule has 0 spiro atoms. The molecule has 0 aromatic rings. The number of carbonyl (C=O) groups excluding carboxylic acids is 1.